The molecule has 3 nitrogen and oxygen atoms in total. The van der Waals surface area contributed by atoms with Gasteiger partial charge < -0.3 is 14.8 Å². The van der Waals surface area contributed by atoms with Crippen LogP contribution in [0.5, 0.6) is 5.75 Å². The average molecular weight is 249 g/mol. The maximum atomic E-state index is 5.88. The van der Waals surface area contributed by atoms with Gasteiger partial charge in [0.25, 0.3) is 0 Å². The quantitative estimate of drug-likeness (QED) is 0.840. The molecule has 1 aromatic carbocycles. The molecule has 1 fully saturated rings. The lowest BCUT2D eigenvalue weighted by Gasteiger charge is -2.22. The molecule has 18 heavy (non-hydrogen) atoms. The summed E-state index contributed by atoms with van der Waals surface area (Å²) in [5.41, 5.74) is 1.28. The summed E-state index contributed by atoms with van der Waals surface area (Å²) >= 11 is 0. The first-order chi connectivity index (χ1) is 8.88. The van der Waals surface area contributed by atoms with E-state index in [-0.39, 0.29) is 0 Å². The second-order valence-electron chi connectivity index (χ2n) is 4.79. The fourth-order valence-corrected chi connectivity index (χ4v) is 2.14. The predicted molar refractivity (Wildman–Crippen MR) is 72.9 cm³/mol. The van der Waals surface area contributed by atoms with Crippen molar-refractivity contribution in [3.05, 3.63) is 29.8 Å². The van der Waals surface area contributed by atoms with E-state index in [9.17, 15) is 0 Å². The highest BCUT2D eigenvalue weighted by Crippen LogP contribution is 2.18. The summed E-state index contributed by atoms with van der Waals surface area (Å²) in [7, 11) is 0. The third-order valence-corrected chi connectivity index (χ3v) is 3.30. The van der Waals surface area contributed by atoms with Gasteiger partial charge in [0.1, 0.15) is 5.75 Å². The number of ether oxygens (including phenoxy) is 2. The zero-order chi connectivity index (χ0) is 12.6. The number of rotatable bonds is 6. The van der Waals surface area contributed by atoms with Gasteiger partial charge in [0.2, 0.25) is 0 Å². The number of hydrogen-bond donors (Lipinski definition) is 1. The standard InChI is InChI=1S/C15H23NO2/c1-2-16-11-14-4-3-5-15(10-14)18-12-13-6-8-17-9-7-13/h3-5,10,13,16H,2,6-9,11-12H2,1H3. The Morgan fingerprint density at radius 2 is 2.17 bits per heavy atom. The first-order valence-corrected chi connectivity index (χ1v) is 6.88. The van der Waals surface area contributed by atoms with Crippen molar-refractivity contribution in [2.24, 2.45) is 5.92 Å². The van der Waals surface area contributed by atoms with Crippen molar-refractivity contribution in [3.8, 4) is 5.75 Å². The van der Waals surface area contributed by atoms with Gasteiger partial charge in [-0.05, 0) is 43.0 Å². The van der Waals surface area contributed by atoms with E-state index >= 15 is 0 Å². The molecule has 2 rings (SSSR count). The Balaban J connectivity index is 1.80. The fraction of sp³-hybridized carbons (Fsp3) is 0.600. The van der Waals surface area contributed by atoms with Crippen LogP contribution in [0.3, 0.4) is 0 Å². The summed E-state index contributed by atoms with van der Waals surface area (Å²) in [5.74, 6) is 1.63. The minimum absolute atomic E-state index is 0.649. The van der Waals surface area contributed by atoms with Gasteiger partial charge in [-0.3, -0.25) is 0 Å². The van der Waals surface area contributed by atoms with E-state index in [2.05, 4.69) is 30.4 Å². The molecule has 0 atom stereocenters. The van der Waals surface area contributed by atoms with Crippen LogP contribution >= 0.6 is 0 Å². The van der Waals surface area contributed by atoms with Gasteiger partial charge in [0.15, 0.2) is 0 Å². The molecule has 3 heteroatoms. The van der Waals surface area contributed by atoms with E-state index in [1.165, 1.54) is 5.56 Å². The minimum atomic E-state index is 0.649. The van der Waals surface area contributed by atoms with Crippen molar-refractivity contribution in [3.63, 3.8) is 0 Å². The predicted octanol–water partition coefficient (Wildman–Crippen LogP) is 2.60. The van der Waals surface area contributed by atoms with Crippen LogP contribution < -0.4 is 10.1 Å². The second kappa shape index (κ2) is 7.39. The van der Waals surface area contributed by atoms with Crippen LogP contribution in [0.1, 0.15) is 25.3 Å². The SMILES string of the molecule is CCNCc1cccc(OCC2CCOCC2)c1. The lowest BCUT2D eigenvalue weighted by molar-refractivity contribution is 0.0497. The Kier molecular flexibility index (Phi) is 5.49. The maximum absolute atomic E-state index is 5.88. The molecule has 1 N–H and O–H groups in total. The normalized spacial score (nSPS) is 16.7. The monoisotopic (exact) mass is 249 g/mol. The molecule has 0 aliphatic carbocycles. The summed E-state index contributed by atoms with van der Waals surface area (Å²) in [4.78, 5) is 0. The second-order valence-corrected chi connectivity index (χ2v) is 4.79. The first-order valence-electron chi connectivity index (χ1n) is 6.88. The highest BCUT2D eigenvalue weighted by molar-refractivity contribution is 5.28. The minimum Gasteiger partial charge on any atom is -0.493 e. The first kappa shape index (κ1) is 13.4. The molecule has 0 bridgehead atoms. The summed E-state index contributed by atoms with van der Waals surface area (Å²) < 4.78 is 11.2. The third kappa shape index (κ3) is 4.31. The van der Waals surface area contributed by atoms with Crippen LogP contribution in [0.25, 0.3) is 0 Å². The fourth-order valence-electron chi connectivity index (χ4n) is 2.14. The van der Waals surface area contributed by atoms with Gasteiger partial charge in [-0.25, -0.2) is 0 Å². The van der Waals surface area contributed by atoms with Crippen LogP contribution in [0.15, 0.2) is 24.3 Å². The van der Waals surface area contributed by atoms with Crippen molar-refractivity contribution >= 4 is 0 Å². The molecule has 1 heterocycles. The molecule has 1 saturated heterocycles. The van der Waals surface area contributed by atoms with Crippen LogP contribution in [0, 0.1) is 5.92 Å². The Bertz CT molecular complexity index is 348. The molecule has 0 unspecified atom stereocenters. The van der Waals surface area contributed by atoms with Gasteiger partial charge in [-0.1, -0.05) is 19.1 Å². The topological polar surface area (TPSA) is 30.5 Å². The van der Waals surface area contributed by atoms with Gasteiger partial charge in [0, 0.05) is 19.8 Å². The molecule has 100 valence electrons. The summed E-state index contributed by atoms with van der Waals surface area (Å²) in [6.07, 6.45) is 2.24. The van der Waals surface area contributed by atoms with E-state index in [0.717, 1.165) is 51.5 Å². The number of hydrogen-bond acceptors (Lipinski definition) is 3. The molecule has 0 spiro atoms. The summed E-state index contributed by atoms with van der Waals surface area (Å²) in [6.45, 7) is 6.60. The van der Waals surface area contributed by atoms with Gasteiger partial charge in [-0.2, -0.15) is 0 Å². The average Bonchev–Trinajstić information content (AvgIpc) is 2.44. The third-order valence-electron chi connectivity index (χ3n) is 3.30. The van der Waals surface area contributed by atoms with Crippen molar-refractivity contribution in [1.29, 1.82) is 0 Å². The molecule has 0 aromatic heterocycles. The highest BCUT2D eigenvalue weighted by atomic mass is 16.5. The molecule has 0 radical (unpaired) electrons. The molecule has 1 aliphatic rings. The van der Waals surface area contributed by atoms with Gasteiger partial charge >= 0.3 is 0 Å². The maximum Gasteiger partial charge on any atom is 0.119 e. The lowest BCUT2D eigenvalue weighted by Crippen LogP contribution is -2.21. The number of nitrogens with one attached hydrogen (secondary N) is 1. The van der Waals surface area contributed by atoms with Crippen LogP contribution in [0.4, 0.5) is 0 Å². The molecule has 0 amide bonds. The van der Waals surface area contributed by atoms with Crippen molar-refractivity contribution in [1.82, 2.24) is 5.32 Å². The Labute approximate surface area is 109 Å². The molecular weight excluding hydrogens is 226 g/mol. The zero-order valence-electron chi connectivity index (χ0n) is 11.2. The zero-order valence-corrected chi connectivity index (χ0v) is 11.2. The van der Waals surface area contributed by atoms with Gasteiger partial charge in [-0.15, -0.1) is 0 Å². The van der Waals surface area contributed by atoms with E-state index in [0.29, 0.717) is 5.92 Å². The molecular formula is C15H23NO2. The lowest BCUT2D eigenvalue weighted by atomic mass is 10.0. The molecule has 0 saturated carbocycles. The largest absolute Gasteiger partial charge is 0.493 e. The smallest absolute Gasteiger partial charge is 0.119 e. The van der Waals surface area contributed by atoms with E-state index < -0.39 is 0 Å². The molecule has 1 aromatic rings. The van der Waals surface area contributed by atoms with Crippen LogP contribution in [-0.2, 0) is 11.3 Å². The van der Waals surface area contributed by atoms with Crippen LogP contribution in [-0.4, -0.2) is 26.4 Å². The van der Waals surface area contributed by atoms with Crippen LogP contribution in [0.2, 0.25) is 0 Å². The van der Waals surface area contributed by atoms with Crippen molar-refractivity contribution < 1.29 is 9.47 Å². The van der Waals surface area contributed by atoms with Gasteiger partial charge in [0.05, 0.1) is 6.61 Å². The number of benzene rings is 1. The summed E-state index contributed by atoms with van der Waals surface area (Å²) in [5, 5.41) is 3.33. The highest BCUT2D eigenvalue weighted by Gasteiger charge is 2.14. The summed E-state index contributed by atoms with van der Waals surface area (Å²) in [6, 6.07) is 8.35. The Morgan fingerprint density at radius 1 is 1.33 bits per heavy atom. The van der Waals surface area contributed by atoms with Crippen molar-refractivity contribution in [2.45, 2.75) is 26.3 Å². The van der Waals surface area contributed by atoms with E-state index in [4.69, 9.17) is 9.47 Å². The Hall–Kier alpha value is -1.06. The van der Waals surface area contributed by atoms with Crippen molar-refractivity contribution in [2.75, 3.05) is 26.4 Å². The molecule has 1 aliphatic heterocycles. The Morgan fingerprint density at radius 3 is 2.94 bits per heavy atom. The van der Waals surface area contributed by atoms with E-state index in [1.807, 2.05) is 6.07 Å². The van der Waals surface area contributed by atoms with E-state index in [1.54, 1.807) is 0 Å².